The lowest BCUT2D eigenvalue weighted by atomic mass is 10.3. The first-order valence-corrected chi connectivity index (χ1v) is 5.50. The van der Waals surface area contributed by atoms with Crippen molar-refractivity contribution in [1.82, 2.24) is 9.72 Å². The Hall–Kier alpha value is -2.04. The number of rotatable bonds is 3. The van der Waals surface area contributed by atoms with E-state index in [9.17, 15) is 4.79 Å². The van der Waals surface area contributed by atoms with Crippen molar-refractivity contribution >= 4 is 5.69 Å². The van der Waals surface area contributed by atoms with E-state index in [0.717, 1.165) is 0 Å². The summed E-state index contributed by atoms with van der Waals surface area (Å²) in [5.74, 6) is 1.18. The summed E-state index contributed by atoms with van der Waals surface area (Å²) in [4.78, 5) is 12.1. The standard InChI is InChI=1S/C12H15N3O2/c1-8(2)13-10-5-4-6-15(12(10)16)11-7-9(3)17-14-11/h4-8,13H,1-3H3. The highest BCUT2D eigenvalue weighted by atomic mass is 16.5. The van der Waals surface area contributed by atoms with Crippen molar-refractivity contribution in [2.24, 2.45) is 0 Å². The Morgan fingerprint density at radius 2 is 2.24 bits per heavy atom. The molecule has 0 unspecified atom stereocenters. The average molecular weight is 233 g/mol. The molecule has 0 bridgehead atoms. The second kappa shape index (κ2) is 4.45. The molecule has 0 spiro atoms. The molecule has 0 atom stereocenters. The number of aryl methyl sites for hydroxylation is 1. The van der Waals surface area contributed by atoms with Crippen LogP contribution in [-0.2, 0) is 0 Å². The van der Waals surface area contributed by atoms with E-state index in [2.05, 4.69) is 10.5 Å². The van der Waals surface area contributed by atoms with E-state index in [0.29, 0.717) is 17.3 Å². The van der Waals surface area contributed by atoms with Crippen molar-refractivity contribution in [3.05, 3.63) is 40.5 Å². The van der Waals surface area contributed by atoms with Crippen LogP contribution in [0.2, 0.25) is 0 Å². The fraction of sp³-hybridized carbons (Fsp3) is 0.333. The Labute approximate surface area is 99.1 Å². The van der Waals surface area contributed by atoms with E-state index in [-0.39, 0.29) is 11.6 Å². The molecule has 2 aromatic heterocycles. The van der Waals surface area contributed by atoms with Crippen LogP contribution < -0.4 is 10.9 Å². The molecule has 90 valence electrons. The zero-order valence-electron chi connectivity index (χ0n) is 10.1. The topological polar surface area (TPSA) is 60.1 Å². The number of hydrogen-bond acceptors (Lipinski definition) is 4. The fourth-order valence-electron chi connectivity index (χ4n) is 1.56. The van der Waals surface area contributed by atoms with E-state index in [4.69, 9.17) is 4.52 Å². The van der Waals surface area contributed by atoms with E-state index in [1.807, 2.05) is 13.8 Å². The molecule has 2 heterocycles. The Balaban J connectivity index is 2.46. The number of hydrogen-bond donors (Lipinski definition) is 1. The van der Waals surface area contributed by atoms with Crippen LogP contribution >= 0.6 is 0 Å². The van der Waals surface area contributed by atoms with Gasteiger partial charge in [-0.25, -0.2) is 0 Å². The summed E-state index contributed by atoms with van der Waals surface area (Å²) >= 11 is 0. The highest BCUT2D eigenvalue weighted by molar-refractivity contribution is 5.43. The molecule has 0 saturated carbocycles. The fourth-order valence-corrected chi connectivity index (χ4v) is 1.56. The average Bonchev–Trinajstić information content (AvgIpc) is 2.67. The van der Waals surface area contributed by atoms with Gasteiger partial charge in [0.1, 0.15) is 11.4 Å². The molecule has 2 rings (SSSR count). The minimum absolute atomic E-state index is 0.130. The van der Waals surface area contributed by atoms with Crippen LogP contribution in [0.3, 0.4) is 0 Å². The predicted octanol–water partition coefficient (Wildman–Crippen LogP) is 1.95. The monoisotopic (exact) mass is 233 g/mol. The zero-order chi connectivity index (χ0) is 12.4. The van der Waals surface area contributed by atoms with Crippen molar-refractivity contribution < 1.29 is 4.52 Å². The molecular weight excluding hydrogens is 218 g/mol. The molecule has 2 aromatic rings. The zero-order valence-corrected chi connectivity index (χ0v) is 10.1. The number of nitrogens with one attached hydrogen (secondary N) is 1. The first kappa shape index (κ1) is 11.4. The van der Waals surface area contributed by atoms with Gasteiger partial charge in [0.25, 0.3) is 5.56 Å². The molecule has 5 nitrogen and oxygen atoms in total. The van der Waals surface area contributed by atoms with E-state index >= 15 is 0 Å². The maximum absolute atomic E-state index is 12.1. The maximum Gasteiger partial charge on any atom is 0.279 e. The number of aromatic nitrogens is 2. The van der Waals surface area contributed by atoms with Crippen LogP contribution in [-0.4, -0.2) is 15.8 Å². The van der Waals surface area contributed by atoms with Crippen molar-refractivity contribution in [1.29, 1.82) is 0 Å². The molecule has 0 aliphatic heterocycles. The minimum atomic E-state index is -0.130. The van der Waals surface area contributed by atoms with Gasteiger partial charge in [-0.05, 0) is 32.9 Å². The quantitative estimate of drug-likeness (QED) is 0.880. The van der Waals surface area contributed by atoms with E-state index < -0.39 is 0 Å². The maximum atomic E-state index is 12.1. The van der Waals surface area contributed by atoms with Crippen molar-refractivity contribution in [2.75, 3.05) is 5.32 Å². The number of pyridine rings is 1. The van der Waals surface area contributed by atoms with Crippen LogP contribution in [0.15, 0.2) is 33.7 Å². The van der Waals surface area contributed by atoms with Gasteiger partial charge in [0.15, 0.2) is 5.82 Å². The predicted molar refractivity (Wildman–Crippen MR) is 65.6 cm³/mol. The highest BCUT2D eigenvalue weighted by Crippen LogP contribution is 2.08. The largest absolute Gasteiger partial charge is 0.378 e. The third-order valence-electron chi connectivity index (χ3n) is 2.25. The summed E-state index contributed by atoms with van der Waals surface area (Å²) in [5, 5.41) is 6.93. The summed E-state index contributed by atoms with van der Waals surface area (Å²) in [7, 11) is 0. The lowest BCUT2D eigenvalue weighted by molar-refractivity contribution is 0.394. The van der Waals surface area contributed by atoms with Gasteiger partial charge in [0.2, 0.25) is 0 Å². The summed E-state index contributed by atoms with van der Waals surface area (Å²) in [5.41, 5.74) is 0.428. The van der Waals surface area contributed by atoms with Gasteiger partial charge < -0.3 is 9.84 Å². The van der Waals surface area contributed by atoms with E-state index in [1.165, 1.54) is 4.57 Å². The summed E-state index contributed by atoms with van der Waals surface area (Å²) in [6, 6.07) is 5.49. The lowest BCUT2D eigenvalue weighted by Gasteiger charge is -2.10. The van der Waals surface area contributed by atoms with Gasteiger partial charge in [-0.1, -0.05) is 5.16 Å². The molecule has 17 heavy (non-hydrogen) atoms. The van der Waals surface area contributed by atoms with E-state index in [1.54, 1.807) is 31.3 Å². The van der Waals surface area contributed by atoms with Gasteiger partial charge in [-0.3, -0.25) is 9.36 Å². The molecule has 0 aliphatic rings. The SMILES string of the molecule is Cc1cc(-n2cccc(NC(C)C)c2=O)no1. The molecule has 0 saturated heterocycles. The van der Waals surface area contributed by atoms with Gasteiger partial charge in [-0.15, -0.1) is 0 Å². The highest BCUT2D eigenvalue weighted by Gasteiger charge is 2.08. The van der Waals surface area contributed by atoms with Crippen molar-refractivity contribution in [3.63, 3.8) is 0 Å². The molecule has 0 aromatic carbocycles. The second-order valence-corrected chi connectivity index (χ2v) is 4.19. The lowest BCUT2D eigenvalue weighted by Crippen LogP contribution is -2.24. The normalized spacial score (nSPS) is 10.8. The first-order chi connectivity index (χ1) is 8.08. The third-order valence-corrected chi connectivity index (χ3v) is 2.25. The van der Waals surface area contributed by atoms with Crippen LogP contribution in [0.4, 0.5) is 5.69 Å². The second-order valence-electron chi connectivity index (χ2n) is 4.19. The number of nitrogens with zero attached hydrogens (tertiary/aromatic N) is 2. The van der Waals surface area contributed by atoms with Crippen LogP contribution in [0.1, 0.15) is 19.6 Å². The van der Waals surface area contributed by atoms with Crippen LogP contribution in [0, 0.1) is 6.92 Å². The molecular formula is C12H15N3O2. The van der Waals surface area contributed by atoms with Gasteiger partial charge in [0.05, 0.1) is 0 Å². The Morgan fingerprint density at radius 3 is 2.82 bits per heavy atom. The number of anilines is 1. The summed E-state index contributed by atoms with van der Waals surface area (Å²) in [6.45, 7) is 5.76. The summed E-state index contributed by atoms with van der Waals surface area (Å²) in [6.07, 6.45) is 1.67. The molecule has 0 radical (unpaired) electrons. The summed E-state index contributed by atoms with van der Waals surface area (Å²) < 4.78 is 6.42. The van der Waals surface area contributed by atoms with Gasteiger partial charge in [0, 0.05) is 18.3 Å². The molecule has 0 fully saturated rings. The first-order valence-electron chi connectivity index (χ1n) is 5.50. The van der Waals surface area contributed by atoms with Gasteiger partial charge in [-0.2, -0.15) is 0 Å². The third kappa shape index (κ3) is 2.38. The molecule has 5 heteroatoms. The Kier molecular flexibility index (Phi) is 2.99. The molecule has 1 N–H and O–H groups in total. The molecule has 0 amide bonds. The molecule has 0 aliphatic carbocycles. The van der Waals surface area contributed by atoms with Crippen molar-refractivity contribution in [2.45, 2.75) is 26.8 Å². The minimum Gasteiger partial charge on any atom is -0.378 e. The van der Waals surface area contributed by atoms with Crippen molar-refractivity contribution in [3.8, 4) is 5.82 Å². The van der Waals surface area contributed by atoms with Crippen LogP contribution in [0.5, 0.6) is 0 Å². The smallest absolute Gasteiger partial charge is 0.279 e. The Bertz CT molecular complexity index is 569. The van der Waals surface area contributed by atoms with Crippen LogP contribution in [0.25, 0.3) is 5.82 Å². The van der Waals surface area contributed by atoms with Gasteiger partial charge >= 0.3 is 0 Å². The Morgan fingerprint density at radius 1 is 1.47 bits per heavy atom.